The number of nitrogens with zero attached hydrogens (tertiary/aromatic N) is 2. The molecule has 1 spiro atoms. The number of non-ortho nitro benzene ring substituents is 2. The molecule has 2 aliphatic rings. The topological polar surface area (TPSA) is 125 Å². The maximum atomic E-state index is 13.6. The zero-order valence-electron chi connectivity index (χ0n) is 21.1. The molecule has 0 saturated heterocycles. The molecule has 1 heterocycles. The van der Waals surface area contributed by atoms with Gasteiger partial charge in [0.15, 0.2) is 11.9 Å². The number of hydrogen-bond donors (Lipinski definition) is 1. The van der Waals surface area contributed by atoms with Crippen molar-refractivity contribution in [3.8, 4) is 5.75 Å². The molecular weight excluding hydrogens is 462 g/mol. The van der Waals surface area contributed by atoms with E-state index >= 15 is 0 Å². The van der Waals surface area contributed by atoms with Crippen LogP contribution in [0.4, 0.5) is 17.1 Å². The smallest absolute Gasteiger partial charge is 0.271 e. The maximum Gasteiger partial charge on any atom is 0.271 e. The number of fused-ring (bicyclic) bond motifs is 1. The van der Waals surface area contributed by atoms with Gasteiger partial charge in [-0.1, -0.05) is 41.5 Å². The van der Waals surface area contributed by atoms with E-state index in [0.717, 1.165) is 0 Å². The molecule has 1 atom stereocenters. The van der Waals surface area contributed by atoms with Crippen LogP contribution < -0.4 is 10.1 Å². The van der Waals surface area contributed by atoms with Crippen LogP contribution in [0.1, 0.15) is 53.2 Å². The second kappa shape index (κ2) is 8.29. The predicted molar refractivity (Wildman–Crippen MR) is 136 cm³/mol. The van der Waals surface area contributed by atoms with Crippen LogP contribution in [0.3, 0.4) is 0 Å². The molecule has 0 radical (unpaired) electrons. The quantitative estimate of drug-likeness (QED) is 0.394. The highest BCUT2D eigenvalue weighted by molar-refractivity contribution is 6.11. The average molecular weight is 492 g/mol. The van der Waals surface area contributed by atoms with E-state index in [1.54, 1.807) is 12.1 Å². The summed E-state index contributed by atoms with van der Waals surface area (Å²) in [4.78, 5) is 35.4. The molecule has 4 rings (SSSR count). The number of carbonyl (C=O) groups excluding carboxylic acids is 1. The second-order valence-corrected chi connectivity index (χ2v) is 11.3. The van der Waals surface area contributed by atoms with Gasteiger partial charge in [0.05, 0.1) is 15.5 Å². The van der Waals surface area contributed by atoms with E-state index in [9.17, 15) is 25.0 Å². The number of nitrogens with one attached hydrogen (secondary N) is 1. The van der Waals surface area contributed by atoms with E-state index in [-0.39, 0.29) is 17.2 Å². The van der Waals surface area contributed by atoms with Gasteiger partial charge in [-0.05, 0) is 46.7 Å². The van der Waals surface area contributed by atoms with Crippen molar-refractivity contribution >= 4 is 22.8 Å². The van der Waals surface area contributed by atoms with Crippen LogP contribution >= 0.6 is 0 Å². The van der Waals surface area contributed by atoms with Gasteiger partial charge in [0.25, 0.3) is 11.4 Å². The summed E-state index contributed by atoms with van der Waals surface area (Å²) in [6.07, 6.45) is 2.98. The minimum Gasteiger partial charge on any atom is -0.480 e. The summed E-state index contributed by atoms with van der Waals surface area (Å²) in [7, 11) is 0. The Labute approximate surface area is 209 Å². The van der Waals surface area contributed by atoms with Crippen LogP contribution in [0, 0.1) is 31.1 Å². The first-order chi connectivity index (χ1) is 16.6. The molecule has 1 unspecified atom stereocenters. The Kier molecular flexibility index (Phi) is 5.78. The summed E-state index contributed by atoms with van der Waals surface area (Å²) in [5, 5.41) is 26.1. The lowest BCUT2D eigenvalue weighted by atomic mass is 9.67. The molecule has 9 nitrogen and oxygen atoms in total. The maximum absolute atomic E-state index is 13.6. The van der Waals surface area contributed by atoms with Crippen molar-refractivity contribution in [1.29, 1.82) is 0 Å². The lowest BCUT2D eigenvalue weighted by Crippen LogP contribution is -2.50. The van der Waals surface area contributed by atoms with E-state index in [1.807, 2.05) is 53.7 Å². The number of hydrogen-bond acceptors (Lipinski definition) is 7. The van der Waals surface area contributed by atoms with Crippen molar-refractivity contribution in [2.75, 3.05) is 5.32 Å². The van der Waals surface area contributed by atoms with Crippen molar-refractivity contribution in [2.24, 2.45) is 10.8 Å². The van der Waals surface area contributed by atoms with Gasteiger partial charge in [0.1, 0.15) is 11.3 Å². The van der Waals surface area contributed by atoms with E-state index in [4.69, 9.17) is 4.74 Å². The number of anilines is 1. The van der Waals surface area contributed by atoms with Gasteiger partial charge in [-0.2, -0.15) is 0 Å². The molecule has 2 aromatic rings. The lowest BCUT2D eigenvalue weighted by molar-refractivity contribution is -0.385. The van der Waals surface area contributed by atoms with Crippen LogP contribution in [0.25, 0.3) is 0 Å². The molecule has 1 N–H and O–H groups in total. The molecule has 1 aliphatic carbocycles. The molecule has 0 saturated carbocycles. The van der Waals surface area contributed by atoms with Gasteiger partial charge in [0, 0.05) is 35.4 Å². The normalized spacial score (nSPS) is 18.9. The van der Waals surface area contributed by atoms with Crippen molar-refractivity contribution in [3.63, 3.8) is 0 Å². The third-order valence-corrected chi connectivity index (χ3v) is 6.48. The Morgan fingerprint density at radius 3 is 1.81 bits per heavy atom. The van der Waals surface area contributed by atoms with Crippen LogP contribution in [0.2, 0.25) is 0 Å². The average Bonchev–Trinajstić information content (AvgIpc) is 2.78. The highest BCUT2D eigenvalue weighted by Gasteiger charge is 2.49. The highest BCUT2D eigenvalue weighted by atomic mass is 16.6. The number of ether oxygens (including phenoxy) is 1. The predicted octanol–water partition coefficient (Wildman–Crippen LogP) is 6.32. The summed E-state index contributed by atoms with van der Waals surface area (Å²) in [6.45, 7) is 11.7. The van der Waals surface area contributed by atoms with E-state index in [0.29, 0.717) is 28.1 Å². The molecule has 188 valence electrons. The van der Waals surface area contributed by atoms with E-state index < -0.39 is 32.3 Å². The Balaban J connectivity index is 2.00. The van der Waals surface area contributed by atoms with Crippen LogP contribution in [0.5, 0.6) is 5.75 Å². The van der Waals surface area contributed by atoms with Crippen LogP contribution in [-0.2, 0) is 4.79 Å². The number of nitro groups is 2. The zero-order valence-corrected chi connectivity index (χ0v) is 21.1. The number of ketones is 1. The zero-order chi connectivity index (χ0) is 26.6. The number of rotatable bonds is 3. The van der Waals surface area contributed by atoms with Gasteiger partial charge in [-0.3, -0.25) is 25.0 Å². The molecule has 0 bridgehead atoms. The minimum absolute atomic E-state index is 0.0525. The first kappa shape index (κ1) is 25.1. The Morgan fingerprint density at radius 1 is 0.833 bits per heavy atom. The molecular formula is C27H29N3O6. The fraction of sp³-hybridized carbons (Fsp3) is 0.370. The second-order valence-electron chi connectivity index (χ2n) is 11.3. The first-order valence-electron chi connectivity index (χ1n) is 11.6. The Morgan fingerprint density at radius 2 is 1.33 bits per heavy atom. The summed E-state index contributed by atoms with van der Waals surface area (Å²) < 4.78 is 6.45. The summed E-state index contributed by atoms with van der Waals surface area (Å²) in [6, 6.07) is 10.4. The summed E-state index contributed by atoms with van der Waals surface area (Å²) >= 11 is 0. The fourth-order valence-electron chi connectivity index (χ4n) is 4.60. The van der Waals surface area contributed by atoms with Crippen molar-refractivity contribution in [1.82, 2.24) is 0 Å². The van der Waals surface area contributed by atoms with Gasteiger partial charge in [-0.25, -0.2) is 0 Å². The molecule has 1 aliphatic heterocycles. The lowest BCUT2D eigenvalue weighted by Gasteiger charge is -2.47. The molecule has 9 heteroatoms. The number of benzene rings is 2. The fourth-order valence-corrected chi connectivity index (χ4v) is 4.60. The van der Waals surface area contributed by atoms with Crippen molar-refractivity contribution in [3.05, 3.63) is 91.6 Å². The Hall–Kier alpha value is -4.01. The largest absolute Gasteiger partial charge is 0.480 e. The number of Topliss-reactive ketones (excluding diaryl/α,β-unsaturated/α-hetero) is 1. The van der Waals surface area contributed by atoms with Crippen LogP contribution in [-0.4, -0.2) is 21.2 Å². The minimum atomic E-state index is -1.09. The molecule has 0 fully saturated rings. The molecule has 0 aromatic heterocycles. The third kappa shape index (κ3) is 4.36. The highest BCUT2D eigenvalue weighted by Crippen LogP contribution is 2.50. The summed E-state index contributed by atoms with van der Waals surface area (Å²) in [5.74, 6) is 0.345. The monoisotopic (exact) mass is 491 g/mol. The number of carbonyl (C=O) groups is 1. The SMILES string of the molecule is CC(C)(C)C1=CC2(C=C(C(C)(C)C)C1=O)Nc1cc([N+](=O)[O-])ccc1OC2c1ccc([N+](=O)[O-])cc1. The van der Waals surface area contributed by atoms with Crippen molar-refractivity contribution < 1.29 is 19.4 Å². The molecule has 36 heavy (non-hydrogen) atoms. The van der Waals surface area contributed by atoms with Crippen LogP contribution in [0.15, 0.2) is 65.8 Å². The standard InChI is InChI=1S/C27H29N3O6/c1-25(2,3)19-14-27(15-20(23(19)31)26(4,5)6)24(16-7-9-17(10-8-16)29(32)33)36-22-12-11-18(30(34)35)13-21(22)28-27/h7-15,24,28H,1-6H3. The first-order valence-corrected chi connectivity index (χ1v) is 11.6. The van der Waals surface area contributed by atoms with Crippen molar-refractivity contribution in [2.45, 2.75) is 53.2 Å². The third-order valence-electron chi connectivity index (χ3n) is 6.48. The van der Waals surface area contributed by atoms with E-state index in [1.165, 1.54) is 30.3 Å². The van der Waals surface area contributed by atoms with Gasteiger partial charge in [-0.15, -0.1) is 0 Å². The summed E-state index contributed by atoms with van der Waals surface area (Å²) in [5.41, 5.74) is 0.0186. The molecule has 0 amide bonds. The van der Waals surface area contributed by atoms with Gasteiger partial charge < -0.3 is 10.1 Å². The van der Waals surface area contributed by atoms with Gasteiger partial charge >= 0.3 is 0 Å². The Bertz CT molecular complexity index is 1290. The van der Waals surface area contributed by atoms with Gasteiger partial charge in [0.2, 0.25) is 0 Å². The van der Waals surface area contributed by atoms with E-state index in [2.05, 4.69) is 5.32 Å². The number of nitro benzene ring substituents is 2. The number of allylic oxidation sites excluding steroid dienone is 2. The molecule has 2 aromatic carbocycles.